The molecule has 1 fully saturated rings. The van der Waals surface area contributed by atoms with Crippen molar-refractivity contribution in [2.45, 2.75) is 45.6 Å². The predicted molar refractivity (Wildman–Crippen MR) is 146 cm³/mol. The number of benzene rings is 1. The van der Waals surface area contributed by atoms with Crippen molar-refractivity contribution in [3.63, 3.8) is 0 Å². The minimum atomic E-state index is -5.09. The van der Waals surface area contributed by atoms with Crippen molar-refractivity contribution in [2.24, 2.45) is 5.92 Å². The highest BCUT2D eigenvalue weighted by Gasteiger charge is 2.39. The number of rotatable bonds is 4. The van der Waals surface area contributed by atoms with Crippen molar-refractivity contribution in [1.82, 2.24) is 20.3 Å². The second-order valence-corrected chi connectivity index (χ2v) is 10.4. The molecular weight excluding hydrogens is 582 g/mol. The molecule has 0 bridgehead atoms. The highest BCUT2D eigenvalue weighted by atomic mass is 19.4. The van der Waals surface area contributed by atoms with E-state index in [0.29, 0.717) is 19.0 Å². The Kier molecular flexibility index (Phi) is 8.45. The molecule has 1 saturated heterocycles. The van der Waals surface area contributed by atoms with E-state index in [9.17, 15) is 22.0 Å². The first kappa shape index (κ1) is 30.4. The highest BCUT2D eigenvalue weighted by Crippen LogP contribution is 2.44. The third-order valence-electron chi connectivity index (χ3n) is 7.35. The minimum absolute atomic E-state index is 0.0218. The van der Waals surface area contributed by atoms with E-state index < -0.39 is 69.6 Å². The fourth-order valence-electron chi connectivity index (χ4n) is 4.99. The van der Waals surface area contributed by atoms with Gasteiger partial charge in [-0.05, 0) is 32.4 Å². The number of hydrogen-bond acceptors (Lipinski definition) is 9. The van der Waals surface area contributed by atoms with Crippen LogP contribution in [0.5, 0.6) is 11.9 Å². The van der Waals surface area contributed by atoms with E-state index in [0.717, 1.165) is 12.6 Å². The molecule has 3 atom stereocenters. The first-order valence-corrected chi connectivity index (χ1v) is 13.6. The first-order chi connectivity index (χ1) is 20.4. The van der Waals surface area contributed by atoms with Crippen LogP contribution >= 0.6 is 0 Å². The van der Waals surface area contributed by atoms with Crippen LogP contribution in [0.15, 0.2) is 17.8 Å². The summed E-state index contributed by atoms with van der Waals surface area (Å²) >= 11 is 0. The number of aromatic nitrogens is 3. The lowest BCUT2D eigenvalue weighted by atomic mass is 9.96. The number of alkyl halides is 4. The maximum Gasteiger partial charge on any atom is 0.417 e. The van der Waals surface area contributed by atoms with Crippen molar-refractivity contribution < 1.29 is 40.6 Å². The smallest absolute Gasteiger partial charge is 0.417 e. The summed E-state index contributed by atoms with van der Waals surface area (Å²) in [7, 11) is 0. The van der Waals surface area contributed by atoms with E-state index >= 15 is 4.39 Å². The Labute approximate surface area is 242 Å². The molecule has 9 nitrogen and oxygen atoms in total. The third-order valence-corrected chi connectivity index (χ3v) is 7.35. The van der Waals surface area contributed by atoms with Crippen LogP contribution in [0.3, 0.4) is 0 Å². The van der Waals surface area contributed by atoms with Crippen LogP contribution < -0.4 is 25.8 Å². The van der Waals surface area contributed by atoms with Crippen LogP contribution in [0.25, 0.3) is 22.2 Å². The van der Waals surface area contributed by atoms with Crippen molar-refractivity contribution in [3.05, 3.63) is 40.6 Å². The lowest BCUT2D eigenvalue weighted by Crippen LogP contribution is -2.24. The van der Waals surface area contributed by atoms with Crippen LogP contribution in [0.2, 0.25) is 0 Å². The molecule has 43 heavy (non-hydrogen) atoms. The van der Waals surface area contributed by atoms with Gasteiger partial charge in [0.25, 0.3) is 0 Å². The van der Waals surface area contributed by atoms with Crippen molar-refractivity contribution in [3.8, 4) is 23.1 Å². The summed E-state index contributed by atoms with van der Waals surface area (Å²) in [4.78, 5) is 12.7. The molecular formula is C28H30F6N6O3. The summed E-state index contributed by atoms with van der Waals surface area (Å²) in [6, 6.07) is 0.325. The summed E-state index contributed by atoms with van der Waals surface area (Å²) in [5.41, 5.74) is 1.53. The summed E-state index contributed by atoms with van der Waals surface area (Å²) in [6.45, 7) is 4.93. The number of hydrogen-bond donors (Lipinski definition) is 3. The zero-order valence-corrected chi connectivity index (χ0v) is 23.5. The van der Waals surface area contributed by atoms with Gasteiger partial charge in [-0.25, -0.2) is 18.2 Å². The van der Waals surface area contributed by atoms with Gasteiger partial charge in [-0.1, -0.05) is 6.08 Å². The van der Waals surface area contributed by atoms with Gasteiger partial charge in [0, 0.05) is 24.2 Å². The van der Waals surface area contributed by atoms with E-state index in [1.54, 1.807) is 6.92 Å². The number of nitrogens with zero attached hydrogens (tertiary/aromatic N) is 3. The normalized spacial score (nSPS) is 22.1. The average molecular weight is 613 g/mol. The Morgan fingerprint density at radius 1 is 1.14 bits per heavy atom. The molecule has 0 amide bonds. The van der Waals surface area contributed by atoms with Gasteiger partial charge in [-0.2, -0.15) is 23.1 Å². The van der Waals surface area contributed by atoms with Gasteiger partial charge >= 0.3 is 12.2 Å². The molecule has 0 radical (unpaired) electrons. The van der Waals surface area contributed by atoms with E-state index in [4.69, 9.17) is 19.9 Å². The van der Waals surface area contributed by atoms with Crippen LogP contribution in [0, 0.1) is 24.5 Å². The van der Waals surface area contributed by atoms with E-state index in [1.165, 1.54) is 0 Å². The molecule has 0 aliphatic carbocycles. The fraction of sp³-hybridized carbons (Fsp3) is 0.464. The molecule has 4 N–H and O–H groups in total. The lowest BCUT2D eigenvalue weighted by molar-refractivity contribution is -0.137. The van der Waals surface area contributed by atoms with E-state index in [-0.39, 0.29) is 49.5 Å². The number of anilines is 2. The summed E-state index contributed by atoms with van der Waals surface area (Å²) in [5.74, 6) is -3.40. The summed E-state index contributed by atoms with van der Waals surface area (Å²) < 4.78 is 105. The molecule has 5 rings (SSSR count). The summed E-state index contributed by atoms with van der Waals surface area (Å²) in [5, 5.41) is 6.27. The monoisotopic (exact) mass is 612 g/mol. The zero-order chi connectivity index (χ0) is 31.1. The Bertz CT molecular complexity index is 1570. The molecule has 1 unspecified atom stereocenters. The first-order valence-electron chi connectivity index (χ1n) is 13.6. The molecule has 3 aromatic rings. The lowest BCUT2D eigenvalue weighted by Gasteiger charge is -2.21. The molecule has 232 valence electrons. The standard InChI is InChI=1S/C28H30F6N6O3/c1-4-15-8-37-25-19-24(39-27(40-25)42-10-14-9-41-11-17(14)29)22(31)23(38-26(19)43-12(2)5-6-36-15)16-7-18(35)21(30)13(3)20(16)28(32,33)34/h4,7,12,14,17,36H,5-6,8-11,35H2,1-3H3,(H,37,39,40)/b15-4-/t12-,14?,17-/m0/s1. The average Bonchev–Trinajstić information content (AvgIpc) is 3.35. The third kappa shape index (κ3) is 6.08. The highest BCUT2D eigenvalue weighted by molar-refractivity contribution is 5.96. The van der Waals surface area contributed by atoms with Crippen molar-refractivity contribution in [2.75, 3.05) is 44.0 Å². The fourth-order valence-corrected chi connectivity index (χ4v) is 4.99. The quantitative estimate of drug-likeness (QED) is 0.266. The minimum Gasteiger partial charge on any atom is -0.474 e. The van der Waals surface area contributed by atoms with Gasteiger partial charge < -0.3 is 30.6 Å². The number of allylic oxidation sites excluding steroid dienone is 1. The topological polar surface area (TPSA) is 116 Å². The number of nitrogens with one attached hydrogen (secondary N) is 2. The second-order valence-electron chi connectivity index (χ2n) is 10.4. The number of ether oxygens (including phenoxy) is 3. The number of halogens is 6. The Morgan fingerprint density at radius 3 is 2.58 bits per heavy atom. The van der Waals surface area contributed by atoms with Gasteiger partial charge in [0.2, 0.25) is 5.88 Å². The Morgan fingerprint density at radius 2 is 1.91 bits per heavy atom. The number of pyridine rings is 1. The second kappa shape index (κ2) is 11.9. The molecule has 15 heteroatoms. The van der Waals surface area contributed by atoms with Crippen LogP contribution in [-0.2, 0) is 10.9 Å². The van der Waals surface area contributed by atoms with Gasteiger partial charge in [0.05, 0.1) is 49.6 Å². The van der Waals surface area contributed by atoms with Crippen LogP contribution in [-0.4, -0.2) is 60.1 Å². The van der Waals surface area contributed by atoms with Gasteiger partial charge in [0.1, 0.15) is 34.4 Å². The van der Waals surface area contributed by atoms with E-state index in [2.05, 4.69) is 25.6 Å². The van der Waals surface area contributed by atoms with Gasteiger partial charge in [-0.15, -0.1) is 0 Å². The Balaban J connectivity index is 1.76. The molecule has 1 aromatic carbocycles. The van der Waals surface area contributed by atoms with E-state index in [1.807, 2.05) is 13.0 Å². The SMILES string of the molecule is C/C=C1/CNc2nc(OCC3COC[C@@H]3F)nc3c(F)c(-c4cc(N)c(F)c(C)c4C(F)(F)F)nc(c23)O[C@@H](C)CCN1. The van der Waals surface area contributed by atoms with Gasteiger partial charge in [0.15, 0.2) is 5.82 Å². The predicted octanol–water partition coefficient (Wildman–Crippen LogP) is 5.32. The van der Waals surface area contributed by atoms with Crippen LogP contribution in [0.1, 0.15) is 31.4 Å². The molecule has 2 aliphatic heterocycles. The van der Waals surface area contributed by atoms with Crippen molar-refractivity contribution in [1.29, 1.82) is 0 Å². The zero-order valence-electron chi connectivity index (χ0n) is 23.5. The van der Waals surface area contributed by atoms with Crippen LogP contribution in [0.4, 0.5) is 37.8 Å². The molecule has 2 aromatic heterocycles. The molecule has 4 heterocycles. The summed E-state index contributed by atoms with van der Waals surface area (Å²) in [6.07, 6.45) is -4.62. The molecule has 0 saturated carbocycles. The number of nitrogen functional groups attached to an aromatic ring is 1. The Hall–Kier alpha value is -4.01. The van der Waals surface area contributed by atoms with Gasteiger partial charge in [-0.3, -0.25) is 0 Å². The molecule has 2 aliphatic rings. The largest absolute Gasteiger partial charge is 0.474 e. The maximum absolute atomic E-state index is 16.4. The number of nitrogens with two attached hydrogens (primary N) is 1. The molecule has 0 spiro atoms. The van der Waals surface area contributed by atoms with Crippen molar-refractivity contribution >= 4 is 22.4 Å². The maximum atomic E-state index is 16.4.